The van der Waals surface area contributed by atoms with Crippen LogP contribution in [0.2, 0.25) is 0 Å². The summed E-state index contributed by atoms with van der Waals surface area (Å²) in [5.41, 5.74) is 0.361. The maximum atomic E-state index is 13.6. The van der Waals surface area contributed by atoms with Gasteiger partial charge in [0.2, 0.25) is 5.91 Å². The van der Waals surface area contributed by atoms with Crippen molar-refractivity contribution in [1.29, 1.82) is 0 Å². The fourth-order valence-electron chi connectivity index (χ4n) is 1.75. The van der Waals surface area contributed by atoms with Crippen LogP contribution >= 0.6 is 0 Å². The third-order valence-electron chi connectivity index (χ3n) is 2.80. The lowest BCUT2D eigenvalue weighted by Gasteiger charge is -2.08. The van der Waals surface area contributed by atoms with Crippen molar-refractivity contribution >= 4 is 17.6 Å². The standard InChI is InChI=1S/C15H20FNO4/c1-2-3-4-7-21-10-14(18)17-12-6-5-11(8-15(19)20)13(16)9-12/h5-6,9H,2-4,7-8,10H2,1H3,(H,17,18)(H,19,20). The van der Waals surface area contributed by atoms with Crippen LogP contribution in [0.25, 0.3) is 0 Å². The van der Waals surface area contributed by atoms with E-state index in [0.717, 1.165) is 25.3 Å². The summed E-state index contributed by atoms with van der Waals surface area (Å²) >= 11 is 0. The van der Waals surface area contributed by atoms with Gasteiger partial charge in [-0.15, -0.1) is 0 Å². The first kappa shape index (κ1) is 17.1. The van der Waals surface area contributed by atoms with E-state index in [1.54, 1.807) is 0 Å². The number of hydrogen-bond donors (Lipinski definition) is 2. The van der Waals surface area contributed by atoms with Gasteiger partial charge in [0.25, 0.3) is 0 Å². The minimum atomic E-state index is -1.11. The minimum absolute atomic E-state index is 0.0799. The largest absolute Gasteiger partial charge is 0.481 e. The van der Waals surface area contributed by atoms with Crippen molar-refractivity contribution in [3.05, 3.63) is 29.6 Å². The van der Waals surface area contributed by atoms with Crippen molar-refractivity contribution in [2.45, 2.75) is 32.6 Å². The second kappa shape index (κ2) is 9.07. The molecule has 0 aliphatic heterocycles. The number of carbonyl (C=O) groups excluding carboxylic acids is 1. The van der Waals surface area contributed by atoms with Crippen molar-refractivity contribution in [1.82, 2.24) is 0 Å². The van der Waals surface area contributed by atoms with Crippen LogP contribution < -0.4 is 5.32 Å². The first-order valence-corrected chi connectivity index (χ1v) is 6.90. The predicted octanol–water partition coefficient (Wildman–Crippen LogP) is 2.60. The number of benzene rings is 1. The summed E-state index contributed by atoms with van der Waals surface area (Å²) in [4.78, 5) is 22.1. The second-order valence-corrected chi connectivity index (χ2v) is 4.68. The molecule has 2 N–H and O–H groups in total. The van der Waals surface area contributed by atoms with E-state index < -0.39 is 11.8 Å². The van der Waals surface area contributed by atoms with E-state index in [4.69, 9.17) is 9.84 Å². The number of rotatable bonds is 9. The van der Waals surface area contributed by atoms with Crippen LogP contribution in [0.4, 0.5) is 10.1 Å². The lowest BCUT2D eigenvalue weighted by molar-refractivity contribution is -0.136. The Balaban J connectivity index is 2.42. The van der Waals surface area contributed by atoms with Crippen LogP contribution in [-0.4, -0.2) is 30.2 Å². The van der Waals surface area contributed by atoms with Crippen LogP contribution in [0.3, 0.4) is 0 Å². The first-order chi connectivity index (χ1) is 10.0. The van der Waals surface area contributed by atoms with Crippen LogP contribution in [0.15, 0.2) is 18.2 Å². The molecule has 0 aliphatic rings. The van der Waals surface area contributed by atoms with Gasteiger partial charge in [0, 0.05) is 12.3 Å². The average Bonchev–Trinajstić information content (AvgIpc) is 2.41. The maximum absolute atomic E-state index is 13.6. The summed E-state index contributed by atoms with van der Waals surface area (Å²) in [7, 11) is 0. The Bertz CT molecular complexity index is 491. The highest BCUT2D eigenvalue weighted by Crippen LogP contribution is 2.15. The minimum Gasteiger partial charge on any atom is -0.481 e. The van der Waals surface area contributed by atoms with Gasteiger partial charge in [0.1, 0.15) is 12.4 Å². The Labute approximate surface area is 123 Å². The molecule has 0 aromatic heterocycles. The van der Waals surface area contributed by atoms with Crippen molar-refractivity contribution in [3.8, 4) is 0 Å². The van der Waals surface area contributed by atoms with E-state index in [9.17, 15) is 14.0 Å². The molecule has 0 radical (unpaired) electrons. The van der Waals surface area contributed by atoms with Gasteiger partial charge in [-0.3, -0.25) is 9.59 Å². The molecule has 0 atom stereocenters. The molecule has 0 unspecified atom stereocenters. The van der Waals surface area contributed by atoms with Crippen molar-refractivity contribution in [3.63, 3.8) is 0 Å². The van der Waals surface area contributed by atoms with E-state index in [0.29, 0.717) is 6.61 Å². The quantitative estimate of drug-likeness (QED) is 0.687. The Morgan fingerprint density at radius 2 is 2.10 bits per heavy atom. The molecule has 0 saturated carbocycles. The summed E-state index contributed by atoms with van der Waals surface area (Å²) in [6, 6.07) is 3.92. The van der Waals surface area contributed by atoms with Crippen LogP contribution in [-0.2, 0) is 20.7 Å². The van der Waals surface area contributed by atoms with Gasteiger partial charge in [0.05, 0.1) is 6.42 Å². The van der Waals surface area contributed by atoms with Gasteiger partial charge in [-0.2, -0.15) is 0 Å². The molecule has 116 valence electrons. The molecular weight excluding hydrogens is 277 g/mol. The molecule has 0 aliphatic carbocycles. The number of anilines is 1. The van der Waals surface area contributed by atoms with Crippen molar-refractivity contribution in [2.75, 3.05) is 18.5 Å². The fraction of sp³-hybridized carbons (Fsp3) is 0.467. The molecule has 6 heteroatoms. The molecule has 0 heterocycles. The zero-order valence-corrected chi connectivity index (χ0v) is 12.0. The molecule has 21 heavy (non-hydrogen) atoms. The van der Waals surface area contributed by atoms with Crippen molar-refractivity contribution < 1.29 is 23.8 Å². The molecule has 0 saturated heterocycles. The third kappa shape index (κ3) is 6.85. The molecule has 0 fully saturated rings. The zero-order valence-electron chi connectivity index (χ0n) is 12.0. The van der Waals surface area contributed by atoms with E-state index in [2.05, 4.69) is 12.2 Å². The Kier molecular flexibility index (Phi) is 7.39. The van der Waals surface area contributed by atoms with E-state index in [1.165, 1.54) is 12.1 Å². The van der Waals surface area contributed by atoms with E-state index in [1.807, 2.05) is 0 Å². The van der Waals surface area contributed by atoms with Gasteiger partial charge in [-0.05, 0) is 24.1 Å². The molecular formula is C15H20FNO4. The molecule has 1 aromatic carbocycles. The number of hydrogen-bond acceptors (Lipinski definition) is 3. The number of carbonyl (C=O) groups is 2. The summed E-state index contributed by atoms with van der Waals surface area (Å²) in [6.45, 7) is 2.52. The lowest BCUT2D eigenvalue weighted by Crippen LogP contribution is -2.19. The summed E-state index contributed by atoms with van der Waals surface area (Å²) in [5.74, 6) is -2.12. The number of amides is 1. The first-order valence-electron chi connectivity index (χ1n) is 6.90. The van der Waals surface area contributed by atoms with Crippen LogP contribution in [0, 0.1) is 5.82 Å². The maximum Gasteiger partial charge on any atom is 0.307 e. The number of nitrogens with one attached hydrogen (secondary N) is 1. The number of unbranched alkanes of at least 4 members (excludes halogenated alkanes) is 2. The highest BCUT2D eigenvalue weighted by atomic mass is 19.1. The van der Waals surface area contributed by atoms with Gasteiger partial charge in [-0.1, -0.05) is 25.8 Å². The second-order valence-electron chi connectivity index (χ2n) is 4.68. The summed E-state index contributed by atoms with van der Waals surface area (Å²) < 4.78 is 18.8. The Morgan fingerprint density at radius 1 is 1.33 bits per heavy atom. The molecule has 1 aromatic rings. The number of carboxylic acids is 1. The summed E-state index contributed by atoms with van der Waals surface area (Å²) in [5, 5.41) is 11.1. The highest BCUT2D eigenvalue weighted by Gasteiger charge is 2.09. The van der Waals surface area contributed by atoms with E-state index in [-0.39, 0.29) is 30.2 Å². The van der Waals surface area contributed by atoms with Gasteiger partial charge >= 0.3 is 5.97 Å². The monoisotopic (exact) mass is 297 g/mol. The van der Waals surface area contributed by atoms with Gasteiger partial charge < -0.3 is 15.2 Å². The van der Waals surface area contributed by atoms with E-state index >= 15 is 0 Å². The predicted molar refractivity (Wildman–Crippen MR) is 76.7 cm³/mol. The number of aliphatic carboxylic acids is 1. The number of halogens is 1. The smallest absolute Gasteiger partial charge is 0.307 e. The molecule has 5 nitrogen and oxygen atoms in total. The molecule has 1 amide bonds. The fourth-order valence-corrected chi connectivity index (χ4v) is 1.75. The van der Waals surface area contributed by atoms with Crippen LogP contribution in [0.5, 0.6) is 0 Å². The molecule has 0 spiro atoms. The average molecular weight is 297 g/mol. The van der Waals surface area contributed by atoms with Gasteiger partial charge in [-0.25, -0.2) is 4.39 Å². The molecule has 1 rings (SSSR count). The normalized spacial score (nSPS) is 10.4. The highest BCUT2D eigenvalue weighted by molar-refractivity contribution is 5.91. The molecule has 0 bridgehead atoms. The summed E-state index contributed by atoms with van der Waals surface area (Å²) in [6.07, 6.45) is 2.65. The van der Waals surface area contributed by atoms with Crippen molar-refractivity contribution in [2.24, 2.45) is 0 Å². The van der Waals surface area contributed by atoms with Gasteiger partial charge in [0.15, 0.2) is 0 Å². The Hall–Kier alpha value is -1.95. The zero-order chi connectivity index (χ0) is 15.7. The SMILES string of the molecule is CCCCCOCC(=O)Nc1ccc(CC(=O)O)c(F)c1. The third-order valence-corrected chi connectivity index (χ3v) is 2.80. The lowest BCUT2D eigenvalue weighted by atomic mass is 10.1. The van der Waals surface area contributed by atoms with Crippen LogP contribution in [0.1, 0.15) is 31.7 Å². The number of carboxylic acid groups (broad SMARTS) is 1. The Morgan fingerprint density at radius 3 is 2.71 bits per heavy atom. The topological polar surface area (TPSA) is 75.6 Å². The number of ether oxygens (including phenoxy) is 1.